The van der Waals surface area contributed by atoms with Crippen LogP contribution in [0.15, 0.2) is 54.7 Å². The van der Waals surface area contributed by atoms with Crippen molar-refractivity contribution in [3.63, 3.8) is 0 Å². The van der Waals surface area contributed by atoms with Gasteiger partial charge in [0.25, 0.3) is 0 Å². The lowest BCUT2D eigenvalue weighted by Crippen LogP contribution is -2.15. The third-order valence-corrected chi connectivity index (χ3v) is 4.27. The summed E-state index contributed by atoms with van der Waals surface area (Å²) in [4.78, 5) is 19.1. The number of hydrogen-bond donors (Lipinski definition) is 3. The molecular formula is C20H16ClF3N4O2. The first kappa shape index (κ1) is 21.4. The molecule has 3 N–H and O–H groups in total. The number of rotatable bonds is 7. The number of nitrogens with zero attached hydrogens (tertiary/aromatic N) is 2. The molecule has 3 aromatic rings. The number of anilines is 3. The van der Waals surface area contributed by atoms with Gasteiger partial charge in [-0.15, -0.1) is 0 Å². The van der Waals surface area contributed by atoms with Crippen molar-refractivity contribution in [3.05, 3.63) is 76.6 Å². The molecule has 30 heavy (non-hydrogen) atoms. The van der Waals surface area contributed by atoms with E-state index in [0.29, 0.717) is 22.8 Å². The first-order valence-electron chi connectivity index (χ1n) is 8.71. The average molecular weight is 437 g/mol. The maximum atomic E-state index is 13.0. The van der Waals surface area contributed by atoms with Crippen molar-refractivity contribution in [1.29, 1.82) is 0 Å². The standard InChI is InChI=1S/C20H16ClF3N4O2/c21-14-6-4-12(5-7-14)8-16-17(10-25-19(28-16)26-11-18(29)30)27-15-3-1-2-13(9-15)20(22,23)24/h1-7,9-10,27H,8,11H2,(H,29,30)(H,25,26,28). The number of aromatic nitrogens is 2. The fourth-order valence-electron chi connectivity index (χ4n) is 2.62. The Morgan fingerprint density at radius 1 is 1.13 bits per heavy atom. The predicted octanol–water partition coefficient (Wildman–Crippen LogP) is 4.98. The van der Waals surface area contributed by atoms with Crippen LogP contribution >= 0.6 is 11.6 Å². The number of carboxylic acids is 1. The topological polar surface area (TPSA) is 87.1 Å². The summed E-state index contributed by atoms with van der Waals surface area (Å²) in [5.41, 5.74) is 1.15. The normalized spacial score (nSPS) is 11.2. The minimum atomic E-state index is -4.47. The zero-order valence-corrected chi connectivity index (χ0v) is 16.1. The summed E-state index contributed by atoms with van der Waals surface area (Å²) in [5, 5.41) is 14.9. The molecule has 0 radical (unpaired) electrons. The Morgan fingerprint density at radius 2 is 1.87 bits per heavy atom. The molecule has 0 aliphatic carbocycles. The van der Waals surface area contributed by atoms with E-state index in [1.54, 1.807) is 24.3 Å². The quantitative estimate of drug-likeness (QED) is 0.484. The van der Waals surface area contributed by atoms with Gasteiger partial charge in [-0.1, -0.05) is 29.8 Å². The van der Waals surface area contributed by atoms with Gasteiger partial charge >= 0.3 is 12.1 Å². The lowest BCUT2D eigenvalue weighted by Gasteiger charge is -2.14. The van der Waals surface area contributed by atoms with Gasteiger partial charge < -0.3 is 15.7 Å². The molecule has 0 amide bonds. The Balaban J connectivity index is 1.92. The van der Waals surface area contributed by atoms with Crippen LogP contribution in [0.1, 0.15) is 16.8 Å². The second kappa shape index (κ2) is 9.00. The summed E-state index contributed by atoms with van der Waals surface area (Å²) in [7, 11) is 0. The Morgan fingerprint density at radius 3 is 2.53 bits per heavy atom. The summed E-state index contributed by atoms with van der Waals surface area (Å²) in [6, 6.07) is 11.8. The molecule has 10 heteroatoms. The number of carboxylic acid groups (broad SMARTS) is 1. The summed E-state index contributed by atoms with van der Waals surface area (Å²) < 4.78 is 39.0. The zero-order valence-electron chi connectivity index (χ0n) is 15.4. The monoisotopic (exact) mass is 436 g/mol. The third-order valence-electron chi connectivity index (χ3n) is 4.02. The number of hydrogen-bond acceptors (Lipinski definition) is 5. The fraction of sp³-hybridized carbons (Fsp3) is 0.150. The number of alkyl halides is 3. The van der Waals surface area contributed by atoms with Gasteiger partial charge in [0.2, 0.25) is 5.95 Å². The maximum absolute atomic E-state index is 13.0. The first-order chi connectivity index (χ1) is 14.2. The second-order valence-corrected chi connectivity index (χ2v) is 6.74. The molecule has 0 aliphatic rings. The average Bonchev–Trinajstić information content (AvgIpc) is 2.69. The van der Waals surface area contributed by atoms with Crippen molar-refractivity contribution >= 4 is 34.9 Å². The van der Waals surface area contributed by atoms with Gasteiger partial charge in [-0.2, -0.15) is 13.2 Å². The van der Waals surface area contributed by atoms with Gasteiger partial charge in [0.1, 0.15) is 6.54 Å². The first-order valence-corrected chi connectivity index (χ1v) is 9.09. The smallest absolute Gasteiger partial charge is 0.416 e. The lowest BCUT2D eigenvalue weighted by molar-refractivity contribution is -0.137. The minimum Gasteiger partial charge on any atom is -0.480 e. The highest BCUT2D eigenvalue weighted by atomic mass is 35.5. The van der Waals surface area contributed by atoms with Crippen LogP contribution in [0.5, 0.6) is 0 Å². The number of nitrogens with one attached hydrogen (secondary N) is 2. The second-order valence-electron chi connectivity index (χ2n) is 6.31. The van der Waals surface area contributed by atoms with Crippen LogP contribution in [0.2, 0.25) is 5.02 Å². The van der Waals surface area contributed by atoms with E-state index in [1.165, 1.54) is 18.3 Å². The Bertz CT molecular complexity index is 1040. The van der Waals surface area contributed by atoms with E-state index in [2.05, 4.69) is 20.6 Å². The molecule has 156 valence electrons. The van der Waals surface area contributed by atoms with Crippen LogP contribution in [-0.4, -0.2) is 27.6 Å². The van der Waals surface area contributed by atoms with Crippen LogP contribution in [0.3, 0.4) is 0 Å². The van der Waals surface area contributed by atoms with Crippen LogP contribution in [0, 0.1) is 0 Å². The summed E-state index contributed by atoms with van der Waals surface area (Å²) in [5.74, 6) is -0.986. The van der Waals surface area contributed by atoms with E-state index in [0.717, 1.165) is 17.7 Å². The summed E-state index contributed by atoms with van der Waals surface area (Å²) in [6.07, 6.45) is -2.75. The van der Waals surface area contributed by atoms with Crippen LogP contribution in [-0.2, 0) is 17.4 Å². The molecule has 2 aromatic carbocycles. The molecular weight excluding hydrogens is 421 g/mol. The van der Waals surface area contributed by atoms with Gasteiger partial charge in [0.15, 0.2) is 0 Å². The Hall–Kier alpha value is -3.33. The highest BCUT2D eigenvalue weighted by Crippen LogP contribution is 2.32. The summed E-state index contributed by atoms with van der Waals surface area (Å²) >= 11 is 5.91. The number of carbonyl (C=O) groups is 1. The Kier molecular flexibility index (Phi) is 6.41. The van der Waals surface area contributed by atoms with Crippen molar-refractivity contribution in [1.82, 2.24) is 9.97 Å². The van der Waals surface area contributed by atoms with E-state index >= 15 is 0 Å². The molecule has 0 fully saturated rings. The molecule has 0 spiro atoms. The van der Waals surface area contributed by atoms with E-state index < -0.39 is 17.7 Å². The van der Waals surface area contributed by atoms with E-state index in [1.807, 2.05) is 0 Å². The maximum Gasteiger partial charge on any atom is 0.416 e. The molecule has 0 atom stereocenters. The molecule has 0 unspecified atom stereocenters. The van der Waals surface area contributed by atoms with E-state index in [-0.39, 0.29) is 18.2 Å². The zero-order chi connectivity index (χ0) is 21.7. The molecule has 3 rings (SSSR count). The van der Waals surface area contributed by atoms with Crippen molar-refractivity contribution in [2.45, 2.75) is 12.6 Å². The van der Waals surface area contributed by atoms with Gasteiger partial charge in [-0.25, -0.2) is 9.97 Å². The van der Waals surface area contributed by atoms with Gasteiger partial charge in [0.05, 0.1) is 23.1 Å². The van der Waals surface area contributed by atoms with Gasteiger partial charge in [-0.05, 0) is 35.9 Å². The molecule has 0 aliphatic heterocycles. The largest absolute Gasteiger partial charge is 0.480 e. The SMILES string of the molecule is O=C(O)CNc1ncc(Nc2cccc(C(F)(F)F)c2)c(Cc2ccc(Cl)cc2)n1. The highest BCUT2D eigenvalue weighted by Gasteiger charge is 2.30. The van der Waals surface area contributed by atoms with Gasteiger partial charge in [0, 0.05) is 17.1 Å². The lowest BCUT2D eigenvalue weighted by atomic mass is 10.1. The number of halogens is 4. The number of benzene rings is 2. The van der Waals surface area contributed by atoms with Crippen LogP contribution < -0.4 is 10.6 Å². The molecule has 0 saturated carbocycles. The van der Waals surface area contributed by atoms with Crippen molar-refractivity contribution in [3.8, 4) is 0 Å². The molecule has 1 aromatic heterocycles. The molecule has 0 saturated heterocycles. The van der Waals surface area contributed by atoms with E-state index in [4.69, 9.17) is 16.7 Å². The van der Waals surface area contributed by atoms with Crippen molar-refractivity contribution < 1.29 is 23.1 Å². The molecule has 1 heterocycles. The highest BCUT2D eigenvalue weighted by molar-refractivity contribution is 6.30. The predicted molar refractivity (Wildman–Crippen MR) is 107 cm³/mol. The Labute approximate surface area is 174 Å². The molecule has 6 nitrogen and oxygen atoms in total. The van der Waals surface area contributed by atoms with E-state index in [9.17, 15) is 18.0 Å². The van der Waals surface area contributed by atoms with Crippen LogP contribution in [0.25, 0.3) is 0 Å². The van der Waals surface area contributed by atoms with Gasteiger partial charge in [-0.3, -0.25) is 4.79 Å². The summed E-state index contributed by atoms with van der Waals surface area (Å²) in [6.45, 7) is -0.374. The third kappa shape index (κ3) is 5.84. The minimum absolute atomic E-state index is 0.0935. The fourth-order valence-corrected chi connectivity index (χ4v) is 2.75. The number of aliphatic carboxylic acids is 1. The van der Waals surface area contributed by atoms with Crippen LogP contribution in [0.4, 0.5) is 30.5 Å². The van der Waals surface area contributed by atoms with Crippen molar-refractivity contribution in [2.24, 2.45) is 0 Å². The van der Waals surface area contributed by atoms with Crippen molar-refractivity contribution in [2.75, 3.05) is 17.2 Å². The molecule has 0 bridgehead atoms.